The first-order valence-corrected chi connectivity index (χ1v) is 7.60. The summed E-state index contributed by atoms with van der Waals surface area (Å²) in [6, 6.07) is 5.57. The molecule has 1 fully saturated rings. The van der Waals surface area contributed by atoms with Crippen molar-refractivity contribution in [3.05, 3.63) is 30.1 Å². The molecule has 23 heavy (non-hydrogen) atoms. The van der Waals surface area contributed by atoms with E-state index in [1.54, 1.807) is 24.1 Å². The molecule has 7 heteroatoms. The fraction of sp³-hybridized carbons (Fsp3) is 0.500. The van der Waals surface area contributed by atoms with Crippen LogP contribution in [-0.4, -0.2) is 68.0 Å². The number of amides is 2. The second-order valence-corrected chi connectivity index (χ2v) is 5.51. The molecule has 0 bridgehead atoms. The molecule has 1 N–H and O–H groups in total. The zero-order valence-electron chi connectivity index (χ0n) is 13.4. The molecular formula is C16H22FN3O3. The fourth-order valence-corrected chi connectivity index (χ4v) is 2.56. The Morgan fingerprint density at radius 2 is 2.09 bits per heavy atom. The number of benzene rings is 1. The Balaban J connectivity index is 1.91. The predicted octanol–water partition coefficient (Wildman–Crippen LogP) is 0.483. The summed E-state index contributed by atoms with van der Waals surface area (Å²) in [4.78, 5) is 27.9. The minimum atomic E-state index is -0.500. The Morgan fingerprint density at radius 3 is 2.78 bits per heavy atom. The van der Waals surface area contributed by atoms with Gasteiger partial charge < -0.3 is 19.9 Å². The van der Waals surface area contributed by atoms with Crippen molar-refractivity contribution in [3.63, 3.8) is 0 Å². The van der Waals surface area contributed by atoms with Crippen LogP contribution in [0.2, 0.25) is 0 Å². The molecule has 1 saturated heterocycles. The first kappa shape index (κ1) is 17.2. The lowest BCUT2D eigenvalue weighted by Crippen LogP contribution is -2.59. The lowest BCUT2D eigenvalue weighted by Gasteiger charge is -2.38. The average Bonchev–Trinajstić information content (AvgIpc) is 2.55. The maximum atomic E-state index is 13.4. The van der Waals surface area contributed by atoms with E-state index in [1.807, 2.05) is 11.9 Å². The summed E-state index contributed by atoms with van der Waals surface area (Å²) >= 11 is 0. The summed E-state index contributed by atoms with van der Waals surface area (Å²) in [5.74, 6) is -0.674. The largest absolute Gasteiger partial charge is 0.490 e. The molecule has 1 atom stereocenters. The van der Waals surface area contributed by atoms with Crippen molar-refractivity contribution in [1.82, 2.24) is 15.1 Å². The molecule has 126 valence electrons. The van der Waals surface area contributed by atoms with E-state index in [-0.39, 0.29) is 30.6 Å². The topological polar surface area (TPSA) is 61.9 Å². The number of carbonyl (C=O) groups excluding carboxylic acids is 2. The number of hydrogen-bond acceptors (Lipinski definition) is 4. The smallest absolute Gasteiger partial charge is 0.243 e. The number of ether oxygens (including phenoxy) is 1. The normalized spacial score (nSPS) is 18.6. The van der Waals surface area contributed by atoms with Crippen LogP contribution in [0, 0.1) is 5.82 Å². The van der Waals surface area contributed by atoms with Crippen molar-refractivity contribution < 1.29 is 18.7 Å². The van der Waals surface area contributed by atoms with Gasteiger partial charge in [0.05, 0.1) is 13.0 Å². The first-order valence-electron chi connectivity index (χ1n) is 7.60. The molecule has 6 nitrogen and oxygen atoms in total. The third kappa shape index (κ3) is 4.41. The van der Waals surface area contributed by atoms with Crippen LogP contribution in [-0.2, 0) is 9.59 Å². The number of rotatable bonds is 5. The molecule has 0 radical (unpaired) electrons. The van der Waals surface area contributed by atoms with E-state index in [4.69, 9.17) is 4.74 Å². The van der Waals surface area contributed by atoms with Crippen LogP contribution in [0.1, 0.15) is 6.42 Å². The Morgan fingerprint density at radius 1 is 1.35 bits per heavy atom. The number of likely N-dealkylation sites (N-methyl/N-ethyl adjacent to an activating group) is 2. The van der Waals surface area contributed by atoms with Crippen LogP contribution in [0.25, 0.3) is 0 Å². The number of carbonyl (C=O) groups is 2. The molecule has 1 aromatic rings. The molecule has 1 aliphatic heterocycles. The highest BCUT2D eigenvalue weighted by atomic mass is 19.1. The van der Waals surface area contributed by atoms with Gasteiger partial charge in [-0.15, -0.1) is 0 Å². The van der Waals surface area contributed by atoms with Crippen molar-refractivity contribution in [2.75, 3.05) is 40.3 Å². The molecule has 0 saturated carbocycles. The van der Waals surface area contributed by atoms with Gasteiger partial charge in [-0.05, 0) is 19.2 Å². The van der Waals surface area contributed by atoms with E-state index in [0.29, 0.717) is 19.6 Å². The third-order valence-electron chi connectivity index (χ3n) is 3.86. The molecule has 0 aromatic heterocycles. The summed E-state index contributed by atoms with van der Waals surface area (Å²) < 4.78 is 18.8. The van der Waals surface area contributed by atoms with E-state index < -0.39 is 11.9 Å². The lowest BCUT2D eigenvalue weighted by molar-refractivity contribution is -0.143. The van der Waals surface area contributed by atoms with Gasteiger partial charge in [-0.1, -0.05) is 12.1 Å². The van der Waals surface area contributed by atoms with Crippen LogP contribution in [0.5, 0.6) is 5.75 Å². The Bertz CT molecular complexity index is 567. The molecule has 0 spiro atoms. The van der Waals surface area contributed by atoms with Crippen molar-refractivity contribution in [2.24, 2.45) is 0 Å². The second-order valence-electron chi connectivity index (χ2n) is 5.51. The van der Waals surface area contributed by atoms with E-state index in [0.717, 1.165) is 0 Å². The van der Waals surface area contributed by atoms with E-state index >= 15 is 0 Å². The molecule has 2 amide bonds. The standard InChI is InChI=1S/C16H22FN3O3/c1-18-16(22)13-11-19(2)8-9-20(13)15(21)7-10-23-14-6-4-3-5-12(14)17/h3-6,13H,7-11H2,1-2H3,(H,18,22). The van der Waals surface area contributed by atoms with Gasteiger partial charge in [-0.2, -0.15) is 0 Å². The zero-order valence-corrected chi connectivity index (χ0v) is 13.4. The Kier molecular flexibility index (Phi) is 5.92. The van der Waals surface area contributed by atoms with Gasteiger partial charge >= 0.3 is 0 Å². The van der Waals surface area contributed by atoms with Crippen LogP contribution >= 0.6 is 0 Å². The first-order chi connectivity index (χ1) is 11.0. The quantitative estimate of drug-likeness (QED) is 0.856. The van der Waals surface area contributed by atoms with Crippen molar-refractivity contribution in [3.8, 4) is 5.75 Å². The van der Waals surface area contributed by atoms with Crippen molar-refractivity contribution >= 4 is 11.8 Å². The maximum Gasteiger partial charge on any atom is 0.243 e. The summed E-state index contributed by atoms with van der Waals surface area (Å²) in [5, 5.41) is 2.59. The van der Waals surface area contributed by atoms with Gasteiger partial charge in [-0.3, -0.25) is 9.59 Å². The molecule has 1 heterocycles. The van der Waals surface area contributed by atoms with E-state index in [9.17, 15) is 14.0 Å². The zero-order chi connectivity index (χ0) is 16.8. The predicted molar refractivity (Wildman–Crippen MR) is 83.6 cm³/mol. The molecule has 2 rings (SSSR count). The number of piperazine rings is 1. The number of halogens is 1. The van der Waals surface area contributed by atoms with E-state index in [1.165, 1.54) is 12.1 Å². The van der Waals surface area contributed by atoms with Crippen LogP contribution in [0.3, 0.4) is 0 Å². The van der Waals surface area contributed by atoms with Gasteiger partial charge in [0.25, 0.3) is 0 Å². The van der Waals surface area contributed by atoms with Crippen molar-refractivity contribution in [2.45, 2.75) is 12.5 Å². The van der Waals surface area contributed by atoms with Crippen LogP contribution in [0.15, 0.2) is 24.3 Å². The molecular weight excluding hydrogens is 301 g/mol. The SMILES string of the molecule is CNC(=O)C1CN(C)CCN1C(=O)CCOc1ccccc1F. The Labute approximate surface area is 135 Å². The Hall–Kier alpha value is -2.15. The number of para-hydroxylation sites is 1. The fourth-order valence-electron chi connectivity index (χ4n) is 2.56. The summed E-state index contributed by atoms with van der Waals surface area (Å²) in [7, 11) is 3.47. The van der Waals surface area contributed by atoms with Gasteiger partial charge in [0.2, 0.25) is 11.8 Å². The molecule has 0 aliphatic carbocycles. The van der Waals surface area contributed by atoms with Crippen LogP contribution < -0.4 is 10.1 Å². The number of nitrogens with one attached hydrogen (secondary N) is 1. The number of hydrogen-bond donors (Lipinski definition) is 1. The van der Waals surface area contributed by atoms with Gasteiger partial charge in [-0.25, -0.2) is 4.39 Å². The summed E-state index contributed by atoms with van der Waals surface area (Å²) in [6.45, 7) is 1.78. The van der Waals surface area contributed by atoms with Gasteiger partial charge in [0.15, 0.2) is 11.6 Å². The van der Waals surface area contributed by atoms with Gasteiger partial charge in [0, 0.05) is 26.7 Å². The third-order valence-corrected chi connectivity index (χ3v) is 3.86. The highest BCUT2D eigenvalue weighted by Crippen LogP contribution is 2.16. The minimum Gasteiger partial charge on any atom is -0.490 e. The van der Waals surface area contributed by atoms with Crippen molar-refractivity contribution in [1.29, 1.82) is 0 Å². The second kappa shape index (κ2) is 7.92. The molecule has 1 aliphatic rings. The highest BCUT2D eigenvalue weighted by Gasteiger charge is 2.33. The average molecular weight is 323 g/mol. The maximum absolute atomic E-state index is 13.4. The molecule has 1 unspecified atom stereocenters. The monoisotopic (exact) mass is 323 g/mol. The lowest BCUT2D eigenvalue weighted by atomic mass is 10.1. The van der Waals surface area contributed by atoms with Gasteiger partial charge in [0.1, 0.15) is 6.04 Å². The minimum absolute atomic E-state index is 0.0760. The molecule has 1 aromatic carbocycles. The summed E-state index contributed by atoms with van der Waals surface area (Å²) in [6.07, 6.45) is 0.103. The summed E-state index contributed by atoms with van der Waals surface area (Å²) in [5.41, 5.74) is 0. The number of nitrogens with zero attached hydrogens (tertiary/aromatic N) is 2. The highest BCUT2D eigenvalue weighted by molar-refractivity contribution is 5.88. The van der Waals surface area contributed by atoms with E-state index in [2.05, 4.69) is 5.32 Å². The van der Waals surface area contributed by atoms with Crippen LogP contribution in [0.4, 0.5) is 4.39 Å².